The van der Waals surface area contributed by atoms with Gasteiger partial charge in [0, 0.05) is 30.9 Å². The average Bonchev–Trinajstić information content (AvgIpc) is 3.43. The summed E-state index contributed by atoms with van der Waals surface area (Å²) in [5.74, 6) is -0.0966. The number of hydrogen-bond donors (Lipinski definition) is 2. The molecule has 0 saturated carbocycles. The second-order valence-corrected chi connectivity index (χ2v) is 8.40. The number of benzene rings is 1. The highest BCUT2D eigenvalue weighted by molar-refractivity contribution is 5.85. The Kier molecular flexibility index (Phi) is 6.16. The van der Waals surface area contributed by atoms with E-state index in [1.807, 2.05) is 0 Å². The number of aromatic amines is 1. The molecule has 3 heterocycles. The SMILES string of the molecule is C[C@@H](O[C@@H]1C[C@@H]2CC(NCc3cn[nH]c3)C(=O)N2C1)c1cc(C(F)(F)F)cc(C(F)(F)F)c1. The monoisotopic (exact) mass is 476 g/mol. The first-order valence-corrected chi connectivity index (χ1v) is 10.4. The summed E-state index contributed by atoms with van der Waals surface area (Å²) in [6, 6.07) is 0.996. The van der Waals surface area contributed by atoms with Gasteiger partial charge in [-0.05, 0) is 43.5 Å². The zero-order chi connectivity index (χ0) is 24.0. The number of ether oxygens (including phenoxy) is 1. The summed E-state index contributed by atoms with van der Waals surface area (Å²) >= 11 is 0. The van der Waals surface area contributed by atoms with E-state index in [2.05, 4.69) is 15.5 Å². The van der Waals surface area contributed by atoms with Crippen LogP contribution < -0.4 is 5.32 Å². The molecule has 6 nitrogen and oxygen atoms in total. The molecule has 1 unspecified atom stereocenters. The number of alkyl halides is 6. The molecule has 4 rings (SSSR count). The minimum Gasteiger partial charge on any atom is -0.369 e. The van der Waals surface area contributed by atoms with E-state index in [1.54, 1.807) is 17.3 Å². The van der Waals surface area contributed by atoms with Gasteiger partial charge in [-0.1, -0.05) is 0 Å². The summed E-state index contributed by atoms with van der Waals surface area (Å²) in [6.07, 6.45) is -6.95. The van der Waals surface area contributed by atoms with Crippen molar-refractivity contribution in [3.8, 4) is 0 Å². The number of halogens is 6. The normalized spacial score (nSPS) is 24.4. The standard InChI is InChI=1S/C21H22F6N4O2/c1-11(13-2-14(20(22,23)24)4-15(3-13)21(25,26)27)33-17-5-16-6-18(19(32)31(16)10-17)28-7-12-8-29-30-9-12/h2-4,8-9,11,16-18,28H,5-7,10H2,1H3,(H,29,30)/t11-,16-,17-,18?/m1/s1. The summed E-state index contributed by atoms with van der Waals surface area (Å²) < 4.78 is 84.6. The number of fused-ring (bicyclic) bond motifs is 1. The fraction of sp³-hybridized carbons (Fsp3) is 0.524. The molecule has 0 aliphatic carbocycles. The van der Waals surface area contributed by atoms with Crippen molar-refractivity contribution in [1.29, 1.82) is 0 Å². The number of aromatic nitrogens is 2. The van der Waals surface area contributed by atoms with Crippen molar-refractivity contribution in [2.24, 2.45) is 0 Å². The van der Waals surface area contributed by atoms with E-state index in [0.29, 0.717) is 31.5 Å². The van der Waals surface area contributed by atoms with Gasteiger partial charge in [-0.25, -0.2) is 0 Å². The molecule has 1 aromatic heterocycles. The third-order valence-corrected chi connectivity index (χ3v) is 6.05. The lowest BCUT2D eigenvalue weighted by atomic mass is 10.0. The average molecular weight is 476 g/mol. The predicted molar refractivity (Wildman–Crippen MR) is 104 cm³/mol. The summed E-state index contributed by atoms with van der Waals surface area (Å²) in [5.41, 5.74) is -2.06. The second kappa shape index (κ2) is 8.64. The van der Waals surface area contributed by atoms with Gasteiger partial charge >= 0.3 is 12.4 Å². The number of amides is 1. The molecule has 2 aromatic rings. The maximum atomic E-state index is 13.1. The van der Waals surface area contributed by atoms with Crippen LogP contribution in [-0.4, -0.2) is 45.7 Å². The third-order valence-electron chi connectivity index (χ3n) is 6.05. The van der Waals surface area contributed by atoms with Crippen LogP contribution in [0.5, 0.6) is 0 Å². The largest absolute Gasteiger partial charge is 0.416 e. The highest BCUT2D eigenvalue weighted by Gasteiger charge is 2.46. The van der Waals surface area contributed by atoms with Crippen LogP contribution >= 0.6 is 0 Å². The minimum absolute atomic E-state index is 0.0937. The molecule has 180 valence electrons. The van der Waals surface area contributed by atoms with Gasteiger partial charge in [-0.3, -0.25) is 9.89 Å². The molecule has 2 aliphatic heterocycles. The fourth-order valence-corrected chi connectivity index (χ4v) is 4.41. The molecule has 0 bridgehead atoms. The first-order chi connectivity index (χ1) is 15.4. The van der Waals surface area contributed by atoms with Gasteiger partial charge in [-0.2, -0.15) is 31.4 Å². The number of carbonyl (C=O) groups excluding carboxylic acids is 1. The number of nitrogens with one attached hydrogen (secondary N) is 2. The summed E-state index contributed by atoms with van der Waals surface area (Å²) in [7, 11) is 0. The van der Waals surface area contributed by atoms with E-state index < -0.39 is 35.7 Å². The Balaban J connectivity index is 1.39. The van der Waals surface area contributed by atoms with Gasteiger partial charge in [0.25, 0.3) is 0 Å². The molecule has 33 heavy (non-hydrogen) atoms. The van der Waals surface area contributed by atoms with Crippen LogP contribution in [0.25, 0.3) is 0 Å². The summed E-state index contributed by atoms with van der Waals surface area (Å²) in [5, 5.41) is 9.71. The molecule has 2 saturated heterocycles. The number of rotatable bonds is 6. The molecule has 12 heteroatoms. The van der Waals surface area contributed by atoms with E-state index in [0.717, 1.165) is 5.56 Å². The van der Waals surface area contributed by atoms with Crippen molar-refractivity contribution in [2.75, 3.05) is 6.54 Å². The Bertz CT molecular complexity index is 959. The van der Waals surface area contributed by atoms with Crippen LogP contribution in [-0.2, 0) is 28.4 Å². The smallest absolute Gasteiger partial charge is 0.369 e. The van der Waals surface area contributed by atoms with Crippen molar-refractivity contribution in [1.82, 2.24) is 20.4 Å². The molecule has 2 N–H and O–H groups in total. The summed E-state index contributed by atoms with van der Waals surface area (Å²) in [6.45, 7) is 2.13. The molecule has 2 aliphatic rings. The van der Waals surface area contributed by atoms with Gasteiger partial charge in [0.1, 0.15) is 0 Å². The molecule has 2 fully saturated rings. The number of nitrogens with zero attached hydrogens (tertiary/aromatic N) is 2. The number of hydrogen-bond acceptors (Lipinski definition) is 4. The first kappa shape index (κ1) is 23.6. The summed E-state index contributed by atoms with van der Waals surface area (Å²) in [4.78, 5) is 14.4. The zero-order valence-corrected chi connectivity index (χ0v) is 17.5. The molecular formula is C21H22F6N4O2. The number of H-pyrrole nitrogens is 1. The van der Waals surface area contributed by atoms with Gasteiger partial charge < -0.3 is 15.0 Å². The van der Waals surface area contributed by atoms with Crippen LogP contribution in [0.3, 0.4) is 0 Å². The Labute approximate surface area is 185 Å². The Hall–Kier alpha value is -2.60. The lowest BCUT2D eigenvalue weighted by molar-refractivity contribution is -0.143. The van der Waals surface area contributed by atoms with Crippen molar-refractivity contribution in [3.05, 3.63) is 52.8 Å². The predicted octanol–water partition coefficient (Wildman–Crippen LogP) is 4.06. The van der Waals surface area contributed by atoms with Crippen molar-refractivity contribution < 1.29 is 35.9 Å². The van der Waals surface area contributed by atoms with E-state index in [-0.39, 0.29) is 36.2 Å². The first-order valence-electron chi connectivity index (χ1n) is 10.4. The highest BCUT2D eigenvalue weighted by atomic mass is 19.4. The molecule has 1 aromatic carbocycles. The van der Waals surface area contributed by atoms with Crippen molar-refractivity contribution in [3.63, 3.8) is 0 Å². The van der Waals surface area contributed by atoms with Crippen LogP contribution in [0, 0.1) is 0 Å². The van der Waals surface area contributed by atoms with Crippen LogP contribution in [0.4, 0.5) is 26.3 Å². The van der Waals surface area contributed by atoms with Gasteiger partial charge in [0.05, 0.1) is 35.6 Å². The lowest BCUT2D eigenvalue weighted by Crippen LogP contribution is -2.39. The van der Waals surface area contributed by atoms with Gasteiger partial charge in [0.15, 0.2) is 0 Å². The van der Waals surface area contributed by atoms with Gasteiger partial charge in [0.2, 0.25) is 5.91 Å². The maximum absolute atomic E-state index is 13.1. The Morgan fingerprint density at radius 2 is 1.82 bits per heavy atom. The zero-order valence-electron chi connectivity index (χ0n) is 17.5. The quantitative estimate of drug-likeness (QED) is 0.618. The highest BCUT2D eigenvalue weighted by Crippen LogP contribution is 2.39. The minimum atomic E-state index is -4.92. The van der Waals surface area contributed by atoms with E-state index in [1.165, 1.54) is 6.92 Å². The topological polar surface area (TPSA) is 70.2 Å². The van der Waals surface area contributed by atoms with Crippen LogP contribution in [0.15, 0.2) is 30.6 Å². The van der Waals surface area contributed by atoms with E-state index in [4.69, 9.17) is 4.74 Å². The van der Waals surface area contributed by atoms with E-state index in [9.17, 15) is 31.1 Å². The van der Waals surface area contributed by atoms with Crippen molar-refractivity contribution >= 4 is 5.91 Å². The van der Waals surface area contributed by atoms with Gasteiger partial charge in [-0.15, -0.1) is 0 Å². The van der Waals surface area contributed by atoms with Crippen LogP contribution in [0.1, 0.15) is 48.1 Å². The third kappa shape index (κ3) is 5.16. The van der Waals surface area contributed by atoms with E-state index >= 15 is 0 Å². The Morgan fingerprint density at radius 1 is 1.15 bits per heavy atom. The molecule has 1 amide bonds. The molecular weight excluding hydrogens is 454 g/mol. The molecule has 0 spiro atoms. The molecule has 4 atom stereocenters. The number of carbonyl (C=O) groups is 1. The van der Waals surface area contributed by atoms with Crippen LogP contribution in [0.2, 0.25) is 0 Å². The second-order valence-electron chi connectivity index (χ2n) is 8.40. The lowest BCUT2D eigenvalue weighted by Gasteiger charge is -2.22. The fourth-order valence-electron chi connectivity index (χ4n) is 4.41. The Morgan fingerprint density at radius 3 is 2.36 bits per heavy atom. The molecule has 0 radical (unpaired) electrons. The van der Waals surface area contributed by atoms with Crippen molar-refractivity contribution in [2.45, 2.75) is 63.0 Å². The maximum Gasteiger partial charge on any atom is 0.416 e.